The van der Waals surface area contributed by atoms with Crippen molar-refractivity contribution in [1.82, 2.24) is 0 Å². The van der Waals surface area contributed by atoms with Gasteiger partial charge in [-0.05, 0) is 33.1 Å². The molecule has 0 unspecified atom stereocenters. The van der Waals surface area contributed by atoms with E-state index in [0.717, 1.165) is 13.0 Å². The Bertz CT molecular complexity index is 128. The molecule has 0 atom stereocenters. The Morgan fingerprint density at radius 2 is 1.79 bits per heavy atom. The van der Waals surface area contributed by atoms with E-state index in [0.29, 0.717) is 19.3 Å². The summed E-state index contributed by atoms with van der Waals surface area (Å²) in [6.07, 6.45) is 5.06. The Hall–Kier alpha value is -0.120. The summed E-state index contributed by atoms with van der Waals surface area (Å²) in [5.74, 6) is 0. The molecule has 0 spiro atoms. The van der Waals surface area contributed by atoms with Crippen molar-refractivity contribution in [3.63, 3.8) is 0 Å². The quantitative estimate of drug-likeness (QED) is 0.565. The van der Waals surface area contributed by atoms with Crippen LogP contribution in [0, 0.1) is 0 Å². The van der Waals surface area contributed by atoms with Gasteiger partial charge in [-0.15, -0.1) is 0 Å². The molecule has 3 nitrogen and oxygen atoms in total. The highest BCUT2D eigenvalue weighted by molar-refractivity contribution is 4.68. The van der Waals surface area contributed by atoms with Crippen LogP contribution in [0.15, 0.2) is 0 Å². The second kappa shape index (κ2) is 7.21. The summed E-state index contributed by atoms with van der Waals surface area (Å²) in [4.78, 5) is 0. The van der Waals surface area contributed by atoms with Gasteiger partial charge in [0, 0.05) is 19.6 Å². The van der Waals surface area contributed by atoms with Gasteiger partial charge >= 0.3 is 0 Å². The molecule has 0 amide bonds. The van der Waals surface area contributed by atoms with E-state index in [2.05, 4.69) is 0 Å². The number of hydrogen-bond donors (Lipinski definition) is 0. The Labute approximate surface area is 86.7 Å². The van der Waals surface area contributed by atoms with Crippen molar-refractivity contribution in [3.8, 4) is 0 Å². The molecule has 1 saturated carbocycles. The summed E-state index contributed by atoms with van der Waals surface area (Å²) < 4.78 is 16.5. The first-order chi connectivity index (χ1) is 6.86. The van der Waals surface area contributed by atoms with Crippen LogP contribution in [0.1, 0.15) is 39.5 Å². The molecule has 3 heteroatoms. The summed E-state index contributed by atoms with van der Waals surface area (Å²) in [5.41, 5.74) is 0. The summed E-state index contributed by atoms with van der Waals surface area (Å²) in [6.45, 7) is 6.13. The fourth-order valence-electron chi connectivity index (χ4n) is 1.45. The molecule has 1 aliphatic rings. The van der Waals surface area contributed by atoms with Gasteiger partial charge in [0.15, 0.2) is 6.29 Å². The topological polar surface area (TPSA) is 27.7 Å². The lowest BCUT2D eigenvalue weighted by Gasteiger charge is -2.26. The molecule has 84 valence electrons. The van der Waals surface area contributed by atoms with Crippen molar-refractivity contribution in [3.05, 3.63) is 0 Å². The zero-order valence-corrected chi connectivity index (χ0v) is 9.33. The van der Waals surface area contributed by atoms with Gasteiger partial charge in [-0.3, -0.25) is 0 Å². The maximum atomic E-state index is 5.64. The predicted molar refractivity (Wildman–Crippen MR) is 55.2 cm³/mol. The lowest BCUT2D eigenvalue weighted by Crippen LogP contribution is -2.25. The van der Waals surface area contributed by atoms with Crippen molar-refractivity contribution in [2.75, 3.05) is 19.8 Å². The Morgan fingerprint density at radius 1 is 1.14 bits per heavy atom. The highest BCUT2D eigenvalue weighted by atomic mass is 16.7. The molecule has 0 bridgehead atoms. The van der Waals surface area contributed by atoms with Crippen LogP contribution in [0.4, 0.5) is 0 Å². The molecule has 0 aliphatic heterocycles. The standard InChI is InChI=1S/C11H22O3/c1-3-12-11(13-4-2)8-9-14-10-6-5-7-10/h10-11H,3-9H2,1-2H3. The Kier molecular flexibility index (Phi) is 6.15. The predicted octanol–water partition coefficient (Wildman–Crippen LogP) is 2.34. The lowest BCUT2D eigenvalue weighted by molar-refractivity contribution is -0.151. The first-order valence-corrected chi connectivity index (χ1v) is 5.71. The van der Waals surface area contributed by atoms with Gasteiger partial charge in [0.2, 0.25) is 0 Å². The van der Waals surface area contributed by atoms with Gasteiger partial charge in [-0.1, -0.05) is 0 Å². The Morgan fingerprint density at radius 3 is 2.21 bits per heavy atom. The molecule has 0 aromatic carbocycles. The Balaban J connectivity index is 1.99. The van der Waals surface area contributed by atoms with Gasteiger partial charge in [-0.2, -0.15) is 0 Å². The number of ether oxygens (including phenoxy) is 3. The van der Waals surface area contributed by atoms with E-state index in [4.69, 9.17) is 14.2 Å². The SMILES string of the molecule is CCOC(CCOC1CCC1)OCC. The minimum atomic E-state index is -0.0786. The van der Waals surface area contributed by atoms with Crippen molar-refractivity contribution in [2.24, 2.45) is 0 Å². The van der Waals surface area contributed by atoms with Crippen molar-refractivity contribution in [1.29, 1.82) is 0 Å². The van der Waals surface area contributed by atoms with Crippen LogP contribution in [-0.4, -0.2) is 32.2 Å². The molecule has 0 aromatic heterocycles. The van der Waals surface area contributed by atoms with Crippen LogP contribution >= 0.6 is 0 Å². The third-order valence-corrected chi connectivity index (χ3v) is 2.46. The van der Waals surface area contributed by atoms with Crippen LogP contribution in [0.2, 0.25) is 0 Å². The zero-order valence-electron chi connectivity index (χ0n) is 9.33. The van der Waals surface area contributed by atoms with E-state index in [-0.39, 0.29) is 6.29 Å². The summed E-state index contributed by atoms with van der Waals surface area (Å²) in [5, 5.41) is 0. The highest BCUT2D eigenvalue weighted by Gasteiger charge is 2.18. The maximum Gasteiger partial charge on any atom is 0.159 e. The van der Waals surface area contributed by atoms with Crippen LogP contribution in [-0.2, 0) is 14.2 Å². The van der Waals surface area contributed by atoms with E-state index in [9.17, 15) is 0 Å². The molecule has 0 aromatic rings. The van der Waals surface area contributed by atoms with Crippen LogP contribution in [0.3, 0.4) is 0 Å². The molecule has 0 N–H and O–H groups in total. The fraction of sp³-hybridized carbons (Fsp3) is 1.00. The van der Waals surface area contributed by atoms with E-state index in [1.54, 1.807) is 0 Å². The minimum Gasteiger partial charge on any atom is -0.378 e. The van der Waals surface area contributed by atoms with Crippen molar-refractivity contribution >= 4 is 0 Å². The second-order valence-electron chi connectivity index (χ2n) is 3.55. The van der Waals surface area contributed by atoms with Gasteiger partial charge in [0.1, 0.15) is 0 Å². The normalized spacial score (nSPS) is 17.4. The molecule has 0 saturated heterocycles. The third kappa shape index (κ3) is 4.40. The fourth-order valence-corrected chi connectivity index (χ4v) is 1.45. The summed E-state index contributed by atoms with van der Waals surface area (Å²) >= 11 is 0. The third-order valence-electron chi connectivity index (χ3n) is 2.46. The monoisotopic (exact) mass is 202 g/mol. The smallest absolute Gasteiger partial charge is 0.159 e. The van der Waals surface area contributed by atoms with Gasteiger partial charge in [-0.25, -0.2) is 0 Å². The average molecular weight is 202 g/mol. The lowest BCUT2D eigenvalue weighted by atomic mass is 9.96. The van der Waals surface area contributed by atoms with Gasteiger partial charge in [0.05, 0.1) is 12.7 Å². The second-order valence-corrected chi connectivity index (χ2v) is 3.55. The largest absolute Gasteiger partial charge is 0.378 e. The van der Waals surface area contributed by atoms with E-state index in [1.807, 2.05) is 13.8 Å². The number of hydrogen-bond acceptors (Lipinski definition) is 3. The molecule has 14 heavy (non-hydrogen) atoms. The molecule has 1 aliphatic carbocycles. The highest BCUT2D eigenvalue weighted by Crippen LogP contribution is 2.22. The first-order valence-electron chi connectivity index (χ1n) is 5.71. The van der Waals surface area contributed by atoms with Crippen LogP contribution in [0.25, 0.3) is 0 Å². The molecular formula is C11H22O3. The molecule has 1 rings (SSSR count). The molecule has 1 fully saturated rings. The van der Waals surface area contributed by atoms with Crippen LogP contribution < -0.4 is 0 Å². The van der Waals surface area contributed by atoms with E-state index >= 15 is 0 Å². The van der Waals surface area contributed by atoms with E-state index in [1.165, 1.54) is 19.3 Å². The number of rotatable bonds is 8. The average Bonchev–Trinajstić information content (AvgIpc) is 2.10. The summed E-state index contributed by atoms with van der Waals surface area (Å²) in [6, 6.07) is 0. The van der Waals surface area contributed by atoms with Gasteiger partial charge < -0.3 is 14.2 Å². The maximum absolute atomic E-state index is 5.64. The zero-order chi connectivity index (χ0) is 10.2. The minimum absolute atomic E-state index is 0.0786. The van der Waals surface area contributed by atoms with Crippen LogP contribution in [0.5, 0.6) is 0 Å². The molecule has 0 radical (unpaired) electrons. The van der Waals surface area contributed by atoms with Crippen molar-refractivity contribution in [2.45, 2.75) is 51.9 Å². The van der Waals surface area contributed by atoms with E-state index < -0.39 is 0 Å². The van der Waals surface area contributed by atoms with Gasteiger partial charge in [0.25, 0.3) is 0 Å². The molecule has 0 heterocycles. The molecular weight excluding hydrogens is 180 g/mol. The van der Waals surface area contributed by atoms with Crippen molar-refractivity contribution < 1.29 is 14.2 Å². The summed E-state index contributed by atoms with van der Waals surface area (Å²) in [7, 11) is 0. The first kappa shape index (κ1) is 12.0.